The number of carbonyl (C=O) groups excluding carboxylic acids is 1. The molecule has 0 bridgehead atoms. The average molecular weight is 1000 g/mol. The van der Waals surface area contributed by atoms with Crippen LogP contribution in [0.25, 0.3) is 39.1 Å². The Kier molecular flexibility index (Phi) is 18.1. The van der Waals surface area contributed by atoms with Crippen molar-refractivity contribution in [3.05, 3.63) is 161 Å². The highest BCUT2D eigenvalue weighted by Gasteiger charge is 2.48. The number of hydrogen-bond acceptors (Lipinski definition) is 9. The van der Waals surface area contributed by atoms with Crippen molar-refractivity contribution in [2.24, 2.45) is 0 Å². The van der Waals surface area contributed by atoms with Crippen LogP contribution >= 0.6 is 11.8 Å². The van der Waals surface area contributed by atoms with Crippen molar-refractivity contribution < 1.29 is 33.2 Å². The van der Waals surface area contributed by atoms with Gasteiger partial charge in [0.15, 0.2) is 5.60 Å². The fourth-order valence-corrected chi connectivity index (χ4v) is 11.2. The second kappa shape index (κ2) is 24.8. The van der Waals surface area contributed by atoms with Gasteiger partial charge in [0.25, 0.3) is 0 Å². The molecular formula is C64H75NO7S. The Morgan fingerprint density at radius 2 is 1.38 bits per heavy atom. The monoisotopic (exact) mass is 1000 g/mol. The summed E-state index contributed by atoms with van der Waals surface area (Å²) in [5.74, 6) is 2.09. The number of piperidine rings is 1. The second-order valence-electron chi connectivity index (χ2n) is 19.5. The molecule has 384 valence electrons. The van der Waals surface area contributed by atoms with Crippen LogP contribution in [0.1, 0.15) is 106 Å². The number of esters is 1. The molecule has 6 aromatic rings. The Balaban J connectivity index is 0.00000231. The number of hydrogen-bond donors (Lipinski definition) is 0. The molecule has 6 aromatic carbocycles. The molecule has 0 aromatic heterocycles. The van der Waals surface area contributed by atoms with E-state index in [1.807, 2.05) is 24.6 Å². The molecule has 2 heterocycles. The van der Waals surface area contributed by atoms with Gasteiger partial charge < -0.3 is 33.3 Å². The summed E-state index contributed by atoms with van der Waals surface area (Å²) < 4.78 is 36.7. The number of ether oxygens (including phenoxy) is 6. The first-order valence-corrected chi connectivity index (χ1v) is 28.1. The number of carbonyl (C=O) groups is 1. The lowest BCUT2D eigenvalue weighted by Gasteiger charge is -2.40. The summed E-state index contributed by atoms with van der Waals surface area (Å²) in [6, 6.07) is 40.0. The van der Waals surface area contributed by atoms with E-state index in [4.69, 9.17) is 28.4 Å². The van der Waals surface area contributed by atoms with E-state index in [-0.39, 0.29) is 12.0 Å². The minimum Gasteiger partial charge on any atom is -0.495 e. The standard InChI is InChI=1S/C62H69NO7.C2H6S/c1-7-29-61(30-8-2)54-40-46(45-20-18-44(9-3)19-21-45)22-27-50(54)57-52-41-55(63-32-14-11-15-33-63)56(65-6)42-53(52)59-51(58(57)61)28-31-62(70-59,47-16-12-10-13-17-47)48-23-25-49(26-24-48)68-38-36-66-34-35-67-37-39-69-60(64)43(4)5;1-3-2/h10,12-13,16-28,31,40-42H,4,7-9,11,14-15,29-30,32-39H2,1-3,5-6H3;1-2H3. The molecule has 1 atom stereocenters. The first-order valence-electron chi connectivity index (χ1n) is 26.4. The quantitative estimate of drug-likeness (QED) is 0.0398. The van der Waals surface area contributed by atoms with E-state index < -0.39 is 11.6 Å². The van der Waals surface area contributed by atoms with Crippen molar-refractivity contribution >= 4 is 40.3 Å². The van der Waals surface area contributed by atoms with E-state index in [1.54, 1.807) is 25.8 Å². The molecule has 0 radical (unpaired) electrons. The Hall–Kier alpha value is -6.00. The summed E-state index contributed by atoms with van der Waals surface area (Å²) in [6.45, 7) is 16.2. The van der Waals surface area contributed by atoms with Crippen LogP contribution in [0.5, 0.6) is 17.2 Å². The first-order chi connectivity index (χ1) is 35.7. The lowest BCUT2D eigenvalue weighted by molar-refractivity contribution is -0.140. The second-order valence-corrected chi connectivity index (χ2v) is 20.3. The molecular weight excluding hydrogens is 927 g/mol. The van der Waals surface area contributed by atoms with E-state index >= 15 is 0 Å². The van der Waals surface area contributed by atoms with Gasteiger partial charge in [0, 0.05) is 46.2 Å². The fourth-order valence-electron chi connectivity index (χ4n) is 11.2. The minimum absolute atomic E-state index is 0.181. The molecule has 73 heavy (non-hydrogen) atoms. The molecule has 0 saturated carbocycles. The van der Waals surface area contributed by atoms with Gasteiger partial charge in [-0.1, -0.05) is 125 Å². The van der Waals surface area contributed by atoms with Crippen LogP contribution in [0.3, 0.4) is 0 Å². The maximum atomic E-state index is 11.6. The molecule has 2 aliphatic heterocycles. The van der Waals surface area contributed by atoms with Crippen molar-refractivity contribution in [3.8, 4) is 39.5 Å². The predicted octanol–water partition coefficient (Wildman–Crippen LogP) is 14.8. The summed E-state index contributed by atoms with van der Waals surface area (Å²) in [4.78, 5) is 14.1. The molecule has 1 saturated heterocycles. The maximum absolute atomic E-state index is 11.6. The van der Waals surface area contributed by atoms with Crippen molar-refractivity contribution in [1.29, 1.82) is 0 Å². The third kappa shape index (κ3) is 11.3. The van der Waals surface area contributed by atoms with Crippen LogP contribution < -0.4 is 19.1 Å². The Bertz CT molecular complexity index is 2850. The fraction of sp³-hybridized carbons (Fsp3) is 0.391. The Morgan fingerprint density at radius 3 is 2.03 bits per heavy atom. The topological polar surface area (TPSA) is 75.7 Å². The largest absolute Gasteiger partial charge is 0.495 e. The Morgan fingerprint density at radius 1 is 0.740 bits per heavy atom. The minimum atomic E-state index is -0.944. The molecule has 8 nitrogen and oxygen atoms in total. The van der Waals surface area contributed by atoms with Gasteiger partial charge in [0.05, 0.1) is 39.2 Å². The third-order valence-electron chi connectivity index (χ3n) is 14.5. The third-order valence-corrected chi connectivity index (χ3v) is 14.5. The summed E-state index contributed by atoms with van der Waals surface area (Å²) in [7, 11) is 1.81. The highest BCUT2D eigenvalue weighted by molar-refractivity contribution is 7.97. The van der Waals surface area contributed by atoms with E-state index in [1.165, 1.54) is 63.6 Å². The zero-order chi connectivity index (χ0) is 51.4. The zero-order valence-electron chi connectivity index (χ0n) is 44.3. The number of aryl methyl sites for hydroxylation is 1. The number of thioether (sulfide) groups is 1. The lowest BCUT2D eigenvalue weighted by atomic mass is 9.69. The summed E-state index contributed by atoms with van der Waals surface area (Å²) in [5, 5.41) is 2.27. The number of methoxy groups -OCH3 is 1. The average Bonchev–Trinajstić information content (AvgIpc) is 3.70. The van der Waals surface area contributed by atoms with Gasteiger partial charge in [-0.2, -0.15) is 11.8 Å². The van der Waals surface area contributed by atoms with E-state index in [0.717, 1.165) is 90.2 Å². The molecule has 9 heteroatoms. The molecule has 1 fully saturated rings. The van der Waals surface area contributed by atoms with Gasteiger partial charge in [-0.15, -0.1) is 0 Å². The maximum Gasteiger partial charge on any atom is 0.333 e. The lowest BCUT2D eigenvalue weighted by Crippen LogP contribution is -2.35. The molecule has 0 N–H and O–H groups in total. The molecule has 9 rings (SSSR count). The summed E-state index contributed by atoms with van der Waals surface area (Å²) in [5.41, 5.74) is 12.9. The normalized spacial score (nSPS) is 16.1. The van der Waals surface area contributed by atoms with Gasteiger partial charge in [-0.3, -0.25) is 0 Å². The zero-order valence-corrected chi connectivity index (χ0v) is 45.1. The van der Waals surface area contributed by atoms with Crippen molar-refractivity contribution in [1.82, 2.24) is 0 Å². The van der Waals surface area contributed by atoms with Crippen LogP contribution in [-0.4, -0.2) is 78.3 Å². The van der Waals surface area contributed by atoms with Gasteiger partial charge in [0.1, 0.15) is 30.5 Å². The van der Waals surface area contributed by atoms with Crippen LogP contribution in [0.2, 0.25) is 0 Å². The molecule has 0 amide bonds. The van der Waals surface area contributed by atoms with Gasteiger partial charge in [-0.05, 0) is 139 Å². The number of benzene rings is 6. The SMILES string of the molecule is C=C(C)C(=O)OCCOCCOCCOc1ccc(C2(c3ccccc3)C=Cc3c4c(c5cc(N6CCCCC6)c(OC)cc5c3O2)-c2ccc(-c3ccc(CC)cc3)cc2C4(CCC)CCC)cc1.CSC. The number of fused-ring (bicyclic) bond motifs is 8. The van der Waals surface area contributed by atoms with E-state index in [2.05, 4.69) is 141 Å². The van der Waals surface area contributed by atoms with Gasteiger partial charge in [0.2, 0.25) is 0 Å². The molecule has 3 aliphatic rings. The van der Waals surface area contributed by atoms with Gasteiger partial charge in [-0.25, -0.2) is 4.79 Å². The highest BCUT2D eigenvalue weighted by atomic mass is 32.2. The molecule has 1 unspecified atom stereocenters. The van der Waals surface area contributed by atoms with Crippen LogP contribution in [0, 0.1) is 0 Å². The van der Waals surface area contributed by atoms with E-state index in [0.29, 0.717) is 38.6 Å². The summed E-state index contributed by atoms with van der Waals surface area (Å²) >= 11 is 1.75. The molecule has 0 spiro atoms. The molecule has 1 aliphatic carbocycles. The smallest absolute Gasteiger partial charge is 0.333 e. The van der Waals surface area contributed by atoms with Gasteiger partial charge >= 0.3 is 5.97 Å². The van der Waals surface area contributed by atoms with Crippen molar-refractivity contribution in [2.45, 2.75) is 90.1 Å². The predicted molar refractivity (Wildman–Crippen MR) is 303 cm³/mol. The number of rotatable bonds is 21. The number of nitrogens with zero attached hydrogens (tertiary/aromatic N) is 1. The number of anilines is 1. The highest BCUT2D eigenvalue weighted by Crippen LogP contribution is 2.62. The van der Waals surface area contributed by atoms with E-state index in [9.17, 15) is 4.79 Å². The van der Waals surface area contributed by atoms with Crippen molar-refractivity contribution in [3.63, 3.8) is 0 Å². The first kappa shape index (κ1) is 53.3. The van der Waals surface area contributed by atoms with Crippen LogP contribution in [0.15, 0.2) is 127 Å². The van der Waals surface area contributed by atoms with Crippen LogP contribution in [0.4, 0.5) is 5.69 Å². The summed E-state index contributed by atoms with van der Waals surface area (Å²) in [6.07, 6.45) is 17.5. The Labute approximate surface area is 439 Å². The van der Waals surface area contributed by atoms with Crippen molar-refractivity contribution in [2.75, 3.05) is 77.3 Å². The van der Waals surface area contributed by atoms with Crippen LogP contribution in [-0.2, 0) is 36.4 Å².